The Morgan fingerprint density at radius 2 is 1.85 bits per heavy atom. The normalized spacial score (nSPS) is 33.5. The van der Waals surface area contributed by atoms with Crippen molar-refractivity contribution in [3.05, 3.63) is 82.6 Å². The summed E-state index contributed by atoms with van der Waals surface area (Å²) in [6.45, 7) is 11.3. The number of benzene rings is 2. The van der Waals surface area contributed by atoms with Crippen LogP contribution in [0.5, 0.6) is 5.75 Å². The number of anilines is 1. The van der Waals surface area contributed by atoms with Crippen molar-refractivity contribution in [1.82, 2.24) is 20.1 Å². The minimum absolute atomic E-state index is 0.0307. The third-order valence-electron chi connectivity index (χ3n) is 15.4. The SMILES string of the molecule is CCOC(=O)NC[C@@]1(O)[C@H](OC(C)=O)[C@]2(CC)C=CCN3CC[C@@]4(c5cc([C@@]6(C(=O)OC)C[C@@H]7C=C(CC)CN(CCc8c6[nH]c6ccccc86)C7)c(OC)cc5N(C)[C@@H]14)[C@@H]32. The van der Waals surface area contributed by atoms with E-state index in [4.69, 9.17) is 18.9 Å². The van der Waals surface area contributed by atoms with Crippen LogP contribution in [0.4, 0.5) is 10.5 Å². The molecule has 2 bridgehead atoms. The van der Waals surface area contributed by atoms with Crippen LogP contribution in [0.1, 0.15) is 75.8 Å². The van der Waals surface area contributed by atoms with E-state index in [9.17, 15) is 14.7 Å². The van der Waals surface area contributed by atoms with E-state index < -0.39 is 46.1 Å². The lowest BCUT2D eigenvalue weighted by Crippen LogP contribution is -2.81. The minimum Gasteiger partial charge on any atom is -0.496 e. The number of hydrogen-bond acceptors (Lipinski definition) is 11. The molecule has 13 heteroatoms. The number of nitrogens with one attached hydrogen (secondary N) is 2. The van der Waals surface area contributed by atoms with Gasteiger partial charge in [-0.3, -0.25) is 19.4 Å². The zero-order chi connectivity index (χ0) is 43.1. The van der Waals surface area contributed by atoms with Gasteiger partial charge in [0, 0.05) is 90.9 Å². The first-order valence-corrected chi connectivity index (χ1v) is 22.1. The number of carbonyl (C=O) groups excluding carboxylic acids is 3. The molecule has 2 aromatic carbocycles. The standard InChI is InChI=1S/C48H61N5O8/c1-8-30-22-31-25-47(43(55)59-7,39-33(16-20-52(26-30)27-31)32-14-11-12-15-36(32)50-39)35-23-34-37(24-38(35)58-6)51(5)41-46(34)18-21-53-19-13-17-45(9-2,40(46)53)42(61-29(4)54)48(41,57)28-49-44(56)60-10-3/h11-15,17,22-24,31,40-42,50,57H,8-10,16,18-21,25-28H2,1-7H3,(H,49,56)/t31-,40-,41+,42+,45+,46+,47-,48-/m0/s1. The summed E-state index contributed by atoms with van der Waals surface area (Å²) in [5.41, 5.74) is 2.05. The number of ether oxygens (including phenoxy) is 4. The second-order valence-electron chi connectivity index (χ2n) is 18.2. The van der Waals surface area contributed by atoms with Gasteiger partial charge in [-0.05, 0) is 74.8 Å². The molecule has 1 unspecified atom stereocenters. The highest BCUT2D eigenvalue weighted by Crippen LogP contribution is 2.68. The number of alkyl carbamates (subject to hydrolysis) is 1. The highest BCUT2D eigenvalue weighted by atomic mass is 16.6. The van der Waals surface area contributed by atoms with Gasteiger partial charge >= 0.3 is 18.0 Å². The quantitative estimate of drug-likeness (QED) is 0.145. The predicted molar refractivity (Wildman–Crippen MR) is 232 cm³/mol. The zero-order valence-electron chi connectivity index (χ0n) is 36.6. The predicted octanol–water partition coefficient (Wildman–Crippen LogP) is 5.37. The summed E-state index contributed by atoms with van der Waals surface area (Å²) in [5.74, 6) is -0.314. The maximum atomic E-state index is 15.4. The van der Waals surface area contributed by atoms with E-state index in [2.05, 4.69) is 81.3 Å². The summed E-state index contributed by atoms with van der Waals surface area (Å²) in [4.78, 5) is 52.5. The number of para-hydroxylation sites is 1. The number of aliphatic hydroxyl groups is 1. The average Bonchev–Trinajstić information content (AvgIpc) is 3.92. The van der Waals surface area contributed by atoms with Gasteiger partial charge in [0.15, 0.2) is 0 Å². The first-order valence-electron chi connectivity index (χ1n) is 22.1. The number of rotatable bonds is 9. The summed E-state index contributed by atoms with van der Waals surface area (Å²) < 4.78 is 24.1. The fourth-order valence-corrected chi connectivity index (χ4v) is 13.4. The lowest BCUT2D eigenvalue weighted by atomic mass is 9.47. The number of aromatic nitrogens is 1. The Labute approximate surface area is 358 Å². The van der Waals surface area contributed by atoms with Crippen LogP contribution in [0.3, 0.4) is 0 Å². The minimum atomic E-state index is -1.81. The van der Waals surface area contributed by atoms with Gasteiger partial charge in [0.2, 0.25) is 0 Å². The van der Waals surface area contributed by atoms with Crippen molar-refractivity contribution in [1.29, 1.82) is 0 Å². The summed E-state index contributed by atoms with van der Waals surface area (Å²) in [5, 5.41) is 17.6. The maximum absolute atomic E-state index is 15.4. The Hall–Kier alpha value is -4.85. The van der Waals surface area contributed by atoms with Gasteiger partial charge in [-0.2, -0.15) is 0 Å². The summed E-state index contributed by atoms with van der Waals surface area (Å²) in [7, 11) is 5.10. The molecular weight excluding hydrogens is 775 g/mol. The van der Waals surface area contributed by atoms with E-state index >= 15 is 4.79 Å². The molecule has 0 radical (unpaired) electrons. The van der Waals surface area contributed by atoms with Crippen LogP contribution in [-0.4, -0.2) is 129 Å². The summed E-state index contributed by atoms with van der Waals surface area (Å²) in [6.07, 6.45) is 8.31. The van der Waals surface area contributed by atoms with E-state index in [1.807, 2.05) is 19.2 Å². The number of methoxy groups -OCH3 is 2. The summed E-state index contributed by atoms with van der Waals surface area (Å²) in [6, 6.07) is 11.6. The van der Waals surface area contributed by atoms with Gasteiger partial charge < -0.3 is 39.3 Å². The number of aromatic amines is 1. The molecule has 3 N–H and O–H groups in total. The molecule has 5 aliphatic heterocycles. The number of H-pyrrole nitrogens is 1. The van der Waals surface area contributed by atoms with Gasteiger partial charge in [0.25, 0.3) is 0 Å². The molecule has 1 aliphatic carbocycles. The fourth-order valence-electron chi connectivity index (χ4n) is 13.4. The van der Waals surface area contributed by atoms with Crippen LogP contribution >= 0.6 is 0 Å². The van der Waals surface area contributed by atoms with E-state index in [1.165, 1.54) is 19.6 Å². The lowest BCUT2D eigenvalue weighted by Gasteiger charge is -2.64. The monoisotopic (exact) mass is 835 g/mol. The molecule has 1 spiro atoms. The Morgan fingerprint density at radius 1 is 1.05 bits per heavy atom. The maximum Gasteiger partial charge on any atom is 0.407 e. The number of esters is 2. The van der Waals surface area contributed by atoms with Crippen LogP contribution < -0.4 is 15.0 Å². The van der Waals surface area contributed by atoms with E-state index in [0.29, 0.717) is 37.1 Å². The molecule has 2 fully saturated rings. The van der Waals surface area contributed by atoms with E-state index in [1.54, 1.807) is 14.0 Å². The molecule has 1 saturated heterocycles. The van der Waals surface area contributed by atoms with Crippen LogP contribution in [0.2, 0.25) is 0 Å². The molecule has 13 nitrogen and oxygen atoms in total. The summed E-state index contributed by atoms with van der Waals surface area (Å²) >= 11 is 0. The highest BCUT2D eigenvalue weighted by molar-refractivity contribution is 5.94. The Bertz CT molecular complexity index is 2320. The van der Waals surface area contributed by atoms with E-state index in [-0.39, 0.29) is 31.1 Å². The van der Waals surface area contributed by atoms with Crippen molar-refractivity contribution < 1.29 is 38.4 Å². The molecule has 6 aliphatic rings. The largest absolute Gasteiger partial charge is 0.496 e. The third-order valence-corrected chi connectivity index (χ3v) is 15.4. The molecule has 9 atom stereocenters. The number of likely N-dealkylation sites (N-methyl/N-ethyl adjacent to an activating group) is 1. The third kappa shape index (κ3) is 5.85. The first-order chi connectivity index (χ1) is 29.4. The molecule has 9 rings (SSSR count). The zero-order valence-corrected chi connectivity index (χ0v) is 36.6. The van der Waals surface area contributed by atoms with E-state index in [0.717, 1.165) is 72.4 Å². The number of fused-ring (bicyclic) bond motifs is 6. The number of nitrogens with zero attached hydrogens (tertiary/aromatic N) is 3. The molecule has 1 aromatic heterocycles. The van der Waals surface area contributed by atoms with Crippen molar-refractivity contribution in [2.45, 2.75) is 94.4 Å². The fraction of sp³-hybridized carbons (Fsp3) is 0.562. The average molecular weight is 836 g/mol. The Balaban J connectivity index is 1.34. The molecular formula is C48H61N5O8. The van der Waals surface area contributed by atoms with Crippen molar-refractivity contribution in [3.63, 3.8) is 0 Å². The Morgan fingerprint density at radius 3 is 2.57 bits per heavy atom. The van der Waals surface area contributed by atoms with Crippen LogP contribution in [-0.2, 0) is 41.1 Å². The molecule has 1 amide bonds. The van der Waals surface area contributed by atoms with Gasteiger partial charge in [0.05, 0.1) is 33.4 Å². The topological polar surface area (TPSA) is 146 Å². The molecule has 1 saturated carbocycles. The first kappa shape index (κ1) is 41.5. The van der Waals surface area contributed by atoms with Crippen LogP contribution in [0, 0.1) is 11.3 Å². The van der Waals surface area contributed by atoms with Crippen molar-refractivity contribution >= 4 is 34.6 Å². The number of carbonyl (C=O) groups is 3. The van der Waals surface area contributed by atoms with Crippen molar-refractivity contribution in [2.75, 3.05) is 72.0 Å². The van der Waals surface area contributed by atoms with Gasteiger partial charge in [0.1, 0.15) is 22.9 Å². The number of hydrogen-bond donors (Lipinski definition) is 3. The highest BCUT2D eigenvalue weighted by Gasteiger charge is 2.78. The lowest BCUT2D eigenvalue weighted by molar-refractivity contribution is -0.217. The van der Waals surface area contributed by atoms with Gasteiger partial charge in [-0.25, -0.2) is 4.79 Å². The number of amides is 1. The second kappa shape index (κ2) is 15.2. The molecule has 3 aromatic rings. The second-order valence-corrected chi connectivity index (χ2v) is 18.2. The van der Waals surface area contributed by atoms with Crippen LogP contribution in [0.15, 0.2) is 60.2 Å². The molecule has 61 heavy (non-hydrogen) atoms. The molecule has 6 heterocycles. The van der Waals surface area contributed by atoms with Gasteiger partial charge in [-0.1, -0.05) is 55.8 Å². The Kier molecular flexibility index (Phi) is 10.3. The van der Waals surface area contributed by atoms with Crippen LogP contribution in [0.25, 0.3) is 10.9 Å². The van der Waals surface area contributed by atoms with Gasteiger partial charge in [-0.15, -0.1) is 0 Å². The van der Waals surface area contributed by atoms with Crippen molar-refractivity contribution in [2.24, 2.45) is 11.3 Å². The molecule has 326 valence electrons. The smallest absolute Gasteiger partial charge is 0.407 e. The van der Waals surface area contributed by atoms with Crippen molar-refractivity contribution in [3.8, 4) is 5.75 Å².